The summed E-state index contributed by atoms with van der Waals surface area (Å²) < 4.78 is 18.3. The molecule has 1 aliphatic heterocycles. The Morgan fingerprint density at radius 2 is 1.88 bits per heavy atom. The van der Waals surface area contributed by atoms with E-state index >= 15 is 0 Å². The van der Waals surface area contributed by atoms with E-state index in [2.05, 4.69) is 10.2 Å². The number of halogens is 2. The third kappa shape index (κ3) is 5.14. The Morgan fingerprint density at radius 1 is 1.05 bits per heavy atom. The topological polar surface area (TPSA) is 59.3 Å². The maximum Gasteiger partial charge on any atom is 0.269 e. The number of hydrogen-bond acceptors (Lipinski definition) is 4. The highest BCUT2D eigenvalue weighted by Crippen LogP contribution is 2.32. The molecule has 3 heterocycles. The zero-order valence-corrected chi connectivity index (χ0v) is 24.2. The van der Waals surface area contributed by atoms with E-state index in [1.165, 1.54) is 11.3 Å². The molecule has 6 rings (SSSR count). The van der Waals surface area contributed by atoms with Crippen molar-refractivity contribution in [3.63, 3.8) is 0 Å². The predicted molar refractivity (Wildman–Crippen MR) is 165 cm³/mol. The SMILES string of the molecule is CN(C)CCCn1c(=C2C(=O)Nc3ccc(Cl)cc32)sc(=Cc2cn(-c3cccc(CF)c3)c3ccccc23)c1=O. The van der Waals surface area contributed by atoms with E-state index in [0.29, 0.717) is 43.1 Å². The molecule has 0 saturated heterocycles. The lowest BCUT2D eigenvalue weighted by atomic mass is 10.1. The normalized spacial score (nSPS) is 14.8. The van der Waals surface area contributed by atoms with E-state index in [1.54, 1.807) is 28.8 Å². The number of hydrogen-bond donors (Lipinski definition) is 1. The van der Waals surface area contributed by atoms with Crippen molar-refractivity contribution in [3.05, 3.63) is 114 Å². The van der Waals surface area contributed by atoms with Crippen molar-refractivity contribution in [2.24, 2.45) is 0 Å². The molecule has 0 radical (unpaired) electrons. The monoisotopic (exact) mass is 586 g/mol. The Hall–Kier alpha value is -3.98. The molecule has 0 bridgehead atoms. The highest BCUT2D eigenvalue weighted by atomic mass is 35.5. The van der Waals surface area contributed by atoms with E-state index in [-0.39, 0.29) is 11.5 Å². The van der Waals surface area contributed by atoms with Crippen LogP contribution in [0.2, 0.25) is 5.02 Å². The zero-order valence-electron chi connectivity index (χ0n) is 22.7. The Morgan fingerprint density at radius 3 is 2.68 bits per heavy atom. The van der Waals surface area contributed by atoms with Gasteiger partial charge in [-0.3, -0.25) is 14.2 Å². The van der Waals surface area contributed by atoms with Crippen LogP contribution in [-0.4, -0.2) is 40.6 Å². The van der Waals surface area contributed by atoms with Gasteiger partial charge in [0.05, 0.1) is 15.6 Å². The average molecular weight is 587 g/mol. The molecule has 1 aliphatic rings. The molecule has 1 N–H and O–H groups in total. The number of nitrogens with one attached hydrogen (secondary N) is 1. The number of thiazole rings is 1. The molecular formula is C32H28ClFN4O2S. The van der Waals surface area contributed by atoms with Gasteiger partial charge in [-0.05, 0) is 75.1 Å². The van der Waals surface area contributed by atoms with Gasteiger partial charge in [-0.2, -0.15) is 0 Å². The molecule has 0 saturated carbocycles. The fraction of sp³-hybridized carbons (Fsp3) is 0.188. The number of carbonyl (C=O) groups is 1. The summed E-state index contributed by atoms with van der Waals surface area (Å²) in [5, 5.41) is 4.40. The lowest BCUT2D eigenvalue weighted by Crippen LogP contribution is -2.34. The van der Waals surface area contributed by atoms with Gasteiger partial charge in [0.1, 0.15) is 11.3 Å². The Labute approximate surface area is 245 Å². The summed E-state index contributed by atoms with van der Waals surface area (Å²) in [5.74, 6) is -0.249. The van der Waals surface area contributed by atoms with Gasteiger partial charge >= 0.3 is 0 Å². The van der Waals surface area contributed by atoms with Gasteiger partial charge in [0, 0.05) is 45.7 Å². The molecule has 0 unspecified atom stereocenters. The molecular weight excluding hydrogens is 559 g/mol. The predicted octanol–water partition coefficient (Wildman–Crippen LogP) is 4.91. The molecule has 0 fully saturated rings. The first-order valence-corrected chi connectivity index (χ1v) is 14.5. The number of rotatable bonds is 7. The maximum absolute atomic E-state index is 13.9. The molecule has 0 spiro atoms. The highest BCUT2D eigenvalue weighted by molar-refractivity contribution is 7.07. The van der Waals surface area contributed by atoms with E-state index in [9.17, 15) is 14.0 Å². The Bertz CT molecular complexity index is 1990. The van der Waals surface area contributed by atoms with E-state index in [1.807, 2.05) is 73.4 Å². The van der Waals surface area contributed by atoms with Gasteiger partial charge in [-0.1, -0.05) is 41.9 Å². The number of para-hydroxylation sites is 1. The molecule has 2 aromatic heterocycles. The van der Waals surface area contributed by atoms with Gasteiger partial charge in [0.15, 0.2) is 0 Å². The molecule has 208 valence electrons. The van der Waals surface area contributed by atoms with E-state index in [0.717, 1.165) is 35.1 Å². The standard InChI is InChI=1S/C32H28ClFN4O2S/c1-36(2)13-6-14-37-31(40)28(41-32(37)29-25-17-22(33)11-12-26(25)35-30(29)39)16-21-19-38(27-10-4-3-9-24(21)27)23-8-5-7-20(15-23)18-34/h3-5,7-12,15-17,19H,6,13-14,18H2,1-2H3,(H,35,39). The minimum Gasteiger partial charge on any atom is -0.321 e. The number of carbonyl (C=O) groups excluding carboxylic acids is 1. The summed E-state index contributed by atoms with van der Waals surface area (Å²) in [5.41, 5.74) is 4.94. The van der Waals surface area contributed by atoms with Crippen LogP contribution in [0.5, 0.6) is 0 Å². The first-order chi connectivity index (χ1) is 19.8. The molecule has 0 aliphatic carbocycles. The molecule has 41 heavy (non-hydrogen) atoms. The van der Waals surface area contributed by atoms with Crippen LogP contribution in [0.15, 0.2) is 77.7 Å². The van der Waals surface area contributed by atoms with Gasteiger partial charge in [0.25, 0.3) is 11.5 Å². The molecule has 5 aromatic rings. The van der Waals surface area contributed by atoms with Crippen molar-refractivity contribution >= 4 is 57.1 Å². The van der Waals surface area contributed by atoms with Gasteiger partial charge in [-0.25, -0.2) is 4.39 Å². The van der Waals surface area contributed by atoms with E-state index in [4.69, 9.17) is 11.6 Å². The van der Waals surface area contributed by atoms with Gasteiger partial charge in [0.2, 0.25) is 0 Å². The quantitative estimate of drug-likeness (QED) is 0.295. The second-order valence-electron chi connectivity index (χ2n) is 10.3. The summed E-state index contributed by atoms with van der Waals surface area (Å²) in [6.07, 6.45) is 4.61. The van der Waals surface area contributed by atoms with Crippen molar-refractivity contribution in [2.45, 2.75) is 19.6 Å². The lowest BCUT2D eigenvalue weighted by Gasteiger charge is -2.09. The minimum atomic E-state index is -0.544. The van der Waals surface area contributed by atoms with Crippen LogP contribution in [0.4, 0.5) is 10.1 Å². The maximum atomic E-state index is 13.9. The first-order valence-electron chi connectivity index (χ1n) is 13.3. The zero-order chi connectivity index (χ0) is 28.7. The summed E-state index contributed by atoms with van der Waals surface area (Å²) in [6, 6.07) is 20.6. The first kappa shape index (κ1) is 27.2. The summed E-state index contributed by atoms with van der Waals surface area (Å²) >= 11 is 7.61. The third-order valence-electron chi connectivity index (χ3n) is 7.21. The van der Waals surface area contributed by atoms with Crippen molar-refractivity contribution < 1.29 is 9.18 Å². The summed E-state index contributed by atoms with van der Waals surface area (Å²) in [7, 11) is 3.99. The van der Waals surface area contributed by atoms with Crippen LogP contribution >= 0.6 is 22.9 Å². The molecule has 3 aromatic carbocycles. The Balaban J connectivity index is 1.58. The van der Waals surface area contributed by atoms with Crippen molar-refractivity contribution in [1.29, 1.82) is 0 Å². The van der Waals surface area contributed by atoms with Crippen LogP contribution < -0.4 is 20.1 Å². The minimum absolute atomic E-state index is 0.143. The van der Waals surface area contributed by atoms with Crippen molar-refractivity contribution in [2.75, 3.05) is 26.0 Å². The second kappa shape index (κ2) is 11.1. The van der Waals surface area contributed by atoms with Gasteiger partial charge in [-0.15, -0.1) is 11.3 Å². The number of anilines is 1. The average Bonchev–Trinajstić information content (AvgIpc) is 3.59. The number of nitrogens with zero attached hydrogens (tertiary/aromatic N) is 3. The largest absolute Gasteiger partial charge is 0.321 e. The number of aromatic nitrogens is 2. The number of amides is 1. The fourth-order valence-electron chi connectivity index (χ4n) is 5.27. The Kier molecular flexibility index (Phi) is 7.38. The molecule has 1 amide bonds. The van der Waals surface area contributed by atoms with Crippen LogP contribution in [-0.2, 0) is 18.0 Å². The van der Waals surface area contributed by atoms with Crippen molar-refractivity contribution in [3.8, 4) is 5.69 Å². The second-order valence-corrected chi connectivity index (χ2v) is 11.8. The van der Waals surface area contributed by atoms with Crippen LogP contribution in [0, 0.1) is 0 Å². The number of fused-ring (bicyclic) bond motifs is 2. The summed E-state index contributed by atoms with van der Waals surface area (Å²) in [4.78, 5) is 29.2. The van der Waals surface area contributed by atoms with Crippen LogP contribution in [0.1, 0.15) is 23.1 Å². The molecule has 9 heteroatoms. The number of alkyl halides is 1. The highest BCUT2D eigenvalue weighted by Gasteiger charge is 2.27. The van der Waals surface area contributed by atoms with Crippen LogP contribution in [0.25, 0.3) is 28.2 Å². The third-order valence-corrected chi connectivity index (χ3v) is 8.57. The number of benzene rings is 3. The van der Waals surface area contributed by atoms with E-state index < -0.39 is 6.67 Å². The summed E-state index contributed by atoms with van der Waals surface area (Å²) in [6.45, 7) is 0.732. The van der Waals surface area contributed by atoms with Crippen molar-refractivity contribution in [1.82, 2.24) is 14.0 Å². The smallest absolute Gasteiger partial charge is 0.269 e. The lowest BCUT2D eigenvalue weighted by molar-refractivity contribution is -0.110. The fourth-order valence-corrected chi connectivity index (χ4v) is 6.62. The van der Waals surface area contributed by atoms with Crippen LogP contribution in [0.3, 0.4) is 0 Å². The molecule has 0 atom stereocenters. The molecule has 6 nitrogen and oxygen atoms in total. The van der Waals surface area contributed by atoms with Gasteiger partial charge < -0.3 is 14.8 Å².